The Morgan fingerprint density at radius 2 is 1.67 bits per heavy atom. The van der Waals surface area contributed by atoms with Gasteiger partial charge in [0.25, 0.3) is 6.43 Å². The minimum absolute atomic E-state index is 0.0693. The highest BCUT2D eigenvalue weighted by Gasteiger charge is 2.44. The van der Waals surface area contributed by atoms with Crippen molar-refractivity contribution in [1.29, 1.82) is 0 Å². The SMILES string of the molecule is Cc1nn(CC(F)F)c2nc(N3CCC4(CCN(c5cnc(C(F)(F)F)nc5)C4)C3)ncc12. The lowest BCUT2D eigenvalue weighted by atomic mass is 9.86. The van der Waals surface area contributed by atoms with Gasteiger partial charge in [-0.15, -0.1) is 0 Å². The molecule has 8 nitrogen and oxygen atoms in total. The van der Waals surface area contributed by atoms with Gasteiger partial charge in [0.1, 0.15) is 6.54 Å². The predicted molar refractivity (Wildman–Crippen MR) is 109 cm³/mol. The number of aryl methyl sites for hydroxylation is 1. The molecule has 0 aromatic carbocycles. The Morgan fingerprint density at radius 3 is 2.33 bits per heavy atom. The first-order valence-electron chi connectivity index (χ1n) is 10.5. The van der Waals surface area contributed by atoms with E-state index in [1.165, 1.54) is 17.1 Å². The molecule has 2 aliphatic heterocycles. The van der Waals surface area contributed by atoms with Gasteiger partial charge in [0, 0.05) is 37.8 Å². The summed E-state index contributed by atoms with van der Waals surface area (Å²) in [5.41, 5.74) is 1.47. The normalized spacial score (nSPS) is 21.3. The molecule has 2 saturated heterocycles. The molecule has 0 bridgehead atoms. The fourth-order valence-corrected chi connectivity index (χ4v) is 4.73. The molecule has 13 heteroatoms. The first kappa shape index (κ1) is 21.7. The molecule has 1 unspecified atom stereocenters. The summed E-state index contributed by atoms with van der Waals surface area (Å²) in [5.74, 6) is -0.688. The predicted octanol–water partition coefficient (Wildman–Crippen LogP) is 3.32. The van der Waals surface area contributed by atoms with Gasteiger partial charge in [0.05, 0.1) is 29.2 Å². The topological polar surface area (TPSA) is 75.9 Å². The van der Waals surface area contributed by atoms with E-state index in [-0.39, 0.29) is 5.41 Å². The standard InChI is InChI=1S/C20H21F5N8/c1-12-14-8-28-18(29-16(14)33(30-12)9-15(21)22)32-5-3-19(11-32)2-4-31(10-19)13-6-26-17(27-7-13)20(23,24)25/h6-8,15H,2-5,9-11H2,1H3. The summed E-state index contributed by atoms with van der Waals surface area (Å²) >= 11 is 0. The fourth-order valence-electron chi connectivity index (χ4n) is 4.73. The Morgan fingerprint density at radius 1 is 1.00 bits per heavy atom. The van der Waals surface area contributed by atoms with Crippen LogP contribution in [0.5, 0.6) is 0 Å². The van der Waals surface area contributed by atoms with Crippen molar-refractivity contribution in [3.63, 3.8) is 0 Å². The van der Waals surface area contributed by atoms with Crippen LogP contribution in [0.2, 0.25) is 0 Å². The van der Waals surface area contributed by atoms with E-state index in [2.05, 4.69) is 25.0 Å². The molecular weight excluding hydrogens is 447 g/mol. The highest BCUT2D eigenvalue weighted by Crippen LogP contribution is 2.42. The van der Waals surface area contributed by atoms with Gasteiger partial charge in [-0.05, 0) is 19.8 Å². The molecule has 1 atom stereocenters. The first-order chi connectivity index (χ1) is 15.6. The summed E-state index contributed by atoms with van der Waals surface area (Å²) in [6, 6.07) is 0. The van der Waals surface area contributed by atoms with Crippen LogP contribution in [0.25, 0.3) is 11.0 Å². The molecular formula is C20H21F5N8. The van der Waals surface area contributed by atoms with Gasteiger partial charge in [-0.2, -0.15) is 23.3 Å². The van der Waals surface area contributed by atoms with Gasteiger partial charge >= 0.3 is 6.18 Å². The molecule has 5 rings (SSSR count). The smallest absolute Gasteiger partial charge is 0.368 e. The lowest BCUT2D eigenvalue weighted by Gasteiger charge is -2.25. The van der Waals surface area contributed by atoms with E-state index in [0.717, 1.165) is 12.8 Å². The maximum Gasteiger partial charge on any atom is 0.451 e. The van der Waals surface area contributed by atoms with Gasteiger partial charge in [-0.25, -0.2) is 28.4 Å². The molecule has 0 saturated carbocycles. The van der Waals surface area contributed by atoms with E-state index in [1.807, 2.05) is 9.80 Å². The highest BCUT2D eigenvalue weighted by molar-refractivity contribution is 5.78. The largest absolute Gasteiger partial charge is 0.451 e. The van der Waals surface area contributed by atoms with Crippen LogP contribution in [0, 0.1) is 12.3 Å². The lowest BCUT2D eigenvalue weighted by molar-refractivity contribution is -0.144. The number of aromatic nitrogens is 6. The minimum Gasteiger partial charge on any atom is -0.368 e. The second-order valence-electron chi connectivity index (χ2n) is 8.67. The second kappa shape index (κ2) is 7.73. The maximum absolute atomic E-state index is 12.9. The molecule has 5 heterocycles. The molecule has 2 fully saturated rings. The summed E-state index contributed by atoms with van der Waals surface area (Å²) < 4.78 is 65.3. The first-order valence-corrected chi connectivity index (χ1v) is 10.5. The second-order valence-corrected chi connectivity index (χ2v) is 8.67. The number of anilines is 2. The van der Waals surface area contributed by atoms with Crippen LogP contribution in [0.1, 0.15) is 24.4 Å². The summed E-state index contributed by atoms with van der Waals surface area (Å²) in [6.45, 7) is 3.90. The van der Waals surface area contributed by atoms with Crippen molar-refractivity contribution >= 4 is 22.7 Å². The Bertz CT molecular complexity index is 1160. The molecule has 1 spiro atoms. The minimum atomic E-state index is -4.57. The van der Waals surface area contributed by atoms with Crippen LogP contribution in [0.3, 0.4) is 0 Å². The van der Waals surface area contributed by atoms with Gasteiger partial charge in [0.15, 0.2) is 5.65 Å². The van der Waals surface area contributed by atoms with Crippen molar-refractivity contribution in [3.8, 4) is 0 Å². The van der Waals surface area contributed by atoms with Gasteiger partial charge in [-0.3, -0.25) is 0 Å². The Labute approximate surface area is 185 Å². The zero-order valence-corrected chi connectivity index (χ0v) is 17.7. The summed E-state index contributed by atoms with van der Waals surface area (Å²) in [4.78, 5) is 19.9. The third-order valence-electron chi connectivity index (χ3n) is 6.39. The lowest BCUT2D eigenvalue weighted by Crippen LogP contribution is -2.31. The molecule has 2 aliphatic rings. The van der Waals surface area contributed by atoms with Gasteiger partial charge < -0.3 is 9.80 Å². The van der Waals surface area contributed by atoms with Crippen LogP contribution in [-0.2, 0) is 12.7 Å². The van der Waals surface area contributed by atoms with Crippen molar-refractivity contribution in [3.05, 3.63) is 30.1 Å². The number of alkyl halides is 5. The highest BCUT2D eigenvalue weighted by atomic mass is 19.4. The number of rotatable bonds is 4. The van der Waals surface area contributed by atoms with Gasteiger partial charge in [0.2, 0.25) is 11.8 Å². The zero-order valence-electron chi connectivity index (χ0n) is 17.7. The quantitative estimate of drug-likeness (QED) is 0.544. The summed E-state index contributed by atoms with van der Waals surface area (Å²) in [6.07, 6.45) is -1.35. The fraction of sp³-hybridized carbons (Fsp3) is 0.550. The van der Waals surface area contributed by atoms with E-state index in [9.17, 15) is 22.0 Å². The zero-order chi connectivity index (χ0) is 23.4. The Hall–Kier alpha value is -3.12. The monoisotopic (exact) mass is 468 g/mol. The molecule has 176 valence electrons. The van der Waals surface area contributed by atoms with Crippen molar-refractivity contribution in [2.75, 3.05) is 36.0 Å². The molecule has 0 amide bonds. The van der Waals surface area contributed by atoms with Crippen molar-refractivity contribution in [1.82, 2.24) is 29.7 Å². The number of hydrogen-bond acceptors (Lipinski definition) is 7. The number of nitrogens with zero attached hydrogens (tertiary/aromatic N) is 8. The number of hydrogen-bond donors (Lipinski definition) is 0. The third kappa shape index (κ3) is 4.04. The average molecular weight is 468 g/mol. The van der Waals surface area contributed by atoms with Crippen molar-refractivity contribution in [2.45, 2.75) is 38.9 Å². The summed E-state index contributed by atoms with van der Waals surface area (Å²) in [7, 11) is 0. The molecule has 33 heavy (non-hydrogen) atoms. The van der Waals surface area contributed by atoms with Crippen molar-refractivity contribution < 1.29 is 22.0 Å². The Kier molecular flexibility index (Phi) is 5.09. The van der Waals surface area contributed by atoms with Gasteiger partial charge in [-0.1, -0.05) is 0 Å². The number of fused-ring (bicyclic) bond motifs is 1. The Balaban J connectivity index is 1.32. The van der Waals surface area contributed by atoms with E-state index in [1.54, 1.807) is 13.1 Å². The average Bonchev–Trinajstić information content (AvgIpc) is 3.46. The summed E-state index contributed by atoms with van der Waals surface area (Å²) in [5, 5.41) is 4.80. The van der Waals surface area contributed by atoms with Crippen LogP contribution in [0.15, 0.2) is 18.6 Å². The van der Waals surface area contributed by atoms with Crippen LogP contribution >= 0.6 is 0 Å². The van der Waals surface area contributed by atoms with Crippen LogP contribution in [0.4, 0.5) is 33.6 Å². The molecule has 3 aromatic rings. The molecule has 0 N–H and O–H groups in total. The van der Waals surface area contributed by atoms with E-state index < -0.39 is 25.0 Å². The van der Waals surface area contributed by atoms with Crippen LogP contribution < -0.4 is 9.80 Å². The van der Waals surface area contributed by atoms with E-state index in [0.29, 0.717) is 54.5 Å². The third-order valence-corrected chi connectivity index (χ3v) is 6.39. The van der Waals surface area contributed by atoms with Crippen LogP contribution in [-0.4, -0.2) is 62.3 Å². The van der Waals surface area contributed by atoms with Crippen molar-refractivity contribution in [2.24, 2.45) is 5.41 Å². The number of halogens is 5. The maximum atomic E-state index is 12.9. The molecule has 0 aliphatic carbocycles. The molecule has 3 aromatic heterocycles. The van der Waals surface area contributed by atoms with E-state index >= 15 is 0 Å². The molecule has 0 radical (unpaired) electrons. The van der Waals surface area contributed by atoms with E-state index in [4.69, 9.17) is 0 Å².